The van der Waals surface area contributed by atoms with Gasteiger partial charge in [0.05, 0.1) is 6.61 Å². The molecule has 90 valence electrons. The topological polar surface area (TPSA) is 29.5 Å². The van der Waals surface area contributed by atoms with E-state index < -0.39 is 5.60 Å². The predicted octanol–water partition coefficient (Wildman–Crippen LogP) is 3.05. The molecule has 0 amide bonds. The predicted molar refractivity (Wildman–Crippen MR) is 66.6 cm³/mol. The summed E-state index contributed by atoms with van der Waals surface area (Å²) < 4.78 is 5.08. The summed E-state index contributed by atoms with van der Waals surface area (Å²) in [5, 5.41) is 10.4. The minimum atomic E-state index is -0.857. The van der Waals surface area contributed by atoms with Crippen LogP contribution in [0.2, 0.25) is 0 Å². The first-order valence-corrected chi connectivity index (χ1v) is 5.85. The number of benzene rings is 1. The number of aliphatic hydroxyl groups is 1. The molecule has 0 spiro atoms. The monoisotopic (exact) mass is 222 g/mol. The molecular weight excluding hydrogens is 200 g/mol. The molecule has 0 aliphatic rings. The van der Waals surface area contributed by atoms with Crippen LogP contribution in [-0.4, -0.2) is 18.8 Å². The van der Waals surface area contributed by atoms with Crippen LogP contribution >= 0.6 is 0 Å². The van der Waals surface area contributed by atoms with Gasteiger partial charge in [0.2, 0.25) is 0 Å². The number of methoxy groups -OCH3 is 1. The third-order valence-electron chi connectivity index (χ3n) is 3.08. The van der Waals surface area contributed by atoms with Gasteiger partial charge in [-0.25, -0.2) is 0 Å². The maximum absolute atomic E-state index is 10.4. The summed E-state index contributed by atoms with van der Waals surface area (Å²) in [4.78, 5) is 0. The van der Waals surface area contributed by atoms with Crippen LogP contribution in [0, 0.1) is 0 Å². The quantitative estimate of drug-likeness (QED) is 0.829. The van der Waals surface area contributed by atoms with Gasteiger partial charge >= 0.3 is 0 Å². The van der Waals surface area contributed by atoms with Gasteiger partial charge in [-0.05, 0) is 23.5 Å². The SMILES string of the molecule is CCC(O)(COC)c1ccc(C(C)C)cc1. The van der Waals surface area contributed by atoms with Crippen molar-refractivity contribution in [1.29, 1.82) is 0 Å². The zero-order valence-electron chi connectivity index (χ0n) is 10.7. The molecule has 0 bridgehead atoms. The van der Waals surface area contributed by atoms with Gasteiger partial charge in [-0.2, -0.15) is 0 Å². The van der Waals surface area contributed by atoms with Crippen LogP contribution in [0.4, 0.5) is 0 Å². The van der Waals surface area contributed by atoms with Crippen LogP contribution in [0.15, 0.2) is 24.3 Å². The summed E-state index contributed by atoms with van der Waals surface area (Å²) in [6.07, 6.45) is 0.655. The molecule has 0 radical (unpaired) electrons. The van der Waals surface area contributed by atoms with Crippen molar-refractivity contribution in [2.45, 2.75) is 38.7 Å². The molecule has 0 heterocycles. The lowest BCUT2D eigenvalue weighted by Crippen LogP contribution is -2.30. The van der Waals surface area contributed by atoms with Crippen LogP contribution < -0.4 is 0 Å². The molecule has 1 rings (SSSR count). The summed E-state index contributed by atoms with van der Waals surface area (Å²) in [7, 11) is 1.61. The van der Waals surface area contributed by atoms with E-state index in [0.717, 1.165) is 5.56 Å². The van der Waals surface area contributed by atoms with Crippen molar-refractivity contribution in [3.63, 3.8) is 0 Å². The van der Waals surface area contributed by atoms with E-state index in [9.17, 15) is 5.11 Å². The number of rotatable bonds is 5. The molecule has 0 fully saturated rings. The van der Waals surface area contributed by atoms with Crippen molar-refractivity contribution in [3.8, 4) is 0 Å². The highest BCUT2D eigenvalue weighted by Gasteiger charge is 2.26. The average molecular weight is 222 g/mol. The Morgan fingerprint density at radius 3 is 2.19 bits per heavy atom. The van der Waals surface area contributed by atoms with Crippen LogP contribution in [0.5, 0.6) is 0 Å². The number of ether oxygens (including phenoxy) is 1. The van der Waals surface area contributed by atoms with E-state index in [1.54, 1.807) is 7.11 Å². The molecule has 1 aromatic carbocycles. The van der Waals surface area contributed by atoms with Gasteiger partial charge < -0.3 is 9.84 Å². The first kappa shape index (κ1) is 13.2. The second-order valence-electron chi connectivity index (χ2n) is 4.59. The average Bonchev–Trinajstić information content (AvgIpc) is 2.29. The maximum Gasteiger partial charge on any atom is 0.113 e. The molecule has 1 unspecified atom stereocenters. The van der Waals surface area contributed by atoms with Gasteiger partial charge in [-0.3, -0.25) is 0 Å². The van der Waals surface area contributed by atoms with E-state index in [1.165, 1.54) is 5.56 Å². The highest BCUT2D eigenvalue weighted by molar-refractivity contribution is 5.28. The van der Waals surface area contributed by atoms with Gasteiger partial charge in [-0.1, -0.05) is 45.0 Å². The van der Waals surface area contributed by atoms with Crippen LogP contribution in [-0.2, 0) is 10.3 Å². The standard InChI is InChI=1S/C14H22O2/c1-5-14(15,10-16-4)13-8-6-12(7-9-13)11(2)3/h6-9,11,15H,5,10H2,1-4H3. The smallest absolute Gasteiger partial charge is 0.113 e. The second kappa shape index (κ2) is 5.46. The lowest BCUT2D eigenvalue weighted by atomic mass is 9.90. The van der Waals surface area contributed by atoms with E-state index in [1.807, 2.05) is 19.1 Å². The minimum absolute atomic E-state index is 0.338. The van der Waals surface area contributed by atoms with E-state index >= 15 is 0 Å². The summed E-state index contributed by atoms with van der Waals surface area (Å²) in [6.45, 7) is 6.63. The first-order chi connectivity index (χ1) is 7.53. The molecule has 2 nitrogen and oxygen atoms in total. The summed E-state index contributed by atoms with van der Waals surface area (Å²) in [5.41, 5.74) is 1.37. The molecule has 16 heavy (non-hydrogen) atoms. The molecule has 1 atom stereocenters. The van der Waals surface area contributed by atoms with Crippen molar-refractivity contribution in [3.05, 3.63) is 35.4 Å². The minimum Gasteiger partial charge on any atom is -0.383 e. The summed E-state index contributed by atoms with van der Waals surface area (Å²) in [6, 6.07) is 8.16. The maximum atomic E-state index is 10.4. The Labute approximate surface area is 98.3 Å². The van der Waals surface area contributed by atoms with Gasteiger partial charge in [0.25, 0.3) is 0 Å². The molecule has 0 saturated heterocycles. The Bertz CT molecular complexity index is 316. The van der Waals surface area contributed by atoms with Gasteiger partial charge in [-0.15, -0.1) is 0 Å². The summed E-state index contributed by atoms with van der Waals surface area (Å²) in [5.74, 6) is 0.520. The zero-order valence-corrected chi connectivity index (χ0v) is 10.7. The number of hydrogen-bond donors (Lipinski definition) is 1. The van der Waals surface area contributed by atoms with Gasteiger partial charge in [0.15, 0.2) is 0 Å². The lowest BCUT2D eigenvalue weighted by Gasteiger charge is -2.26. The van der Waals surface area contributed by atoms with Gasteiger partial charge in [0.1, 0.15) is 5.60 Å². The van der Waals surface area contributed by atoms with Crippen LogP contribution in [0.25, 0.3) is 0 Å². The molecule has 2 heteroatoms. The largest absolute Gasteiger partial charge is 0.383 e. The Morgan fingerprint density at radius 1 is 1.25 bits per heavy atom. The Balaban J connectivity index is 2.94. The Kier molecular flexibility index (Phi) is 4.51. The highest BCUT2D eigenvalue weighted by Crippen LogP contribution is 2.26. The van der Waals surface area contributed by atoms with Crippen LogP contribution in [0.1, 0.15) is 44.2 Å². The lowest BCUT2D eigenvalue weighted by molar-refractivity contribution is -0.0386. The van der Waals surface area contributed by atoms with Crippen molar-refractivity contribution in [2.75, 3.05) is 13.7 Å². The van der Waals surface area contributed by atoms with Crippen molar-refractivity contribution < 1.29 is 9.84 Å². The molecule has 1 aromatic rings. The fourth-order valence-electron chi connectivity index (χ4n) is 1.81. The first-order valence-electron chi connectivity index (χ1n) is 5.85. The fourth-order valence-corrected chi connectivity index (χ4v) is 1.81. The molecule has 0 saturated carbocycles. The van der Waals surface area contributed by atoms with Crippen molar-refractivity contribution in [2.24, 2.45) is 0 Å². The Morgan fingerprint density at radius 2 is 1.81 bits per heavy atom. The third kappa shape index (κ3) is 2.83. The molecule has 0 aromatic heterocycles. The zero-order chi connectivity index (χ0) is 12.2. The Hall–Kier alpha value is -0.860. The molecule has 0 aliphatic carbocycles. The van der Waals surface area contributed by atoms with E-state index in [-0.39, 0.29) is 0 Å². The van der Waals surface area contributed by atoms with E-state index in [4.69, 9.17) is 4.74 Å². The van der Waals surface area contributed by atoms with Crippen molar-refractivity contribution in [1.82, 2.24) is 0 Å². The molecule has 1 N–H and O–H groups in total. The fraction of sp³-hybridized carbons (Fsp3) is 0.571. The van der Waals surface area contributed by atoms with Gasteiger partial charge in [0, 0.05) is 7.11 Å². The third-order valence-corrected chi connectivity index (χ3v) is 3.08. The van der Waals surface area contributed by atoms with E-state index in [0.29, 0.717) is 18.9 Å². The molecular formula is C14H22O2. The molecule has 0 aliphatic heterocycles. The van der Waals surface area contributed by atoms with Crippen LogP contribution in [0.3, 0.4) is 0 Å². The highest BCUT2D eigenvalue weighted by atomic mass is 16.5. The second-order valence-corrected chi connectivity index (χ2v) is 4.59. The normalized spacial score (nSPS) is 15.1. The van der Waals surface area contributed by atoms with E-state index in [2.05, 4.69) is 26.0 Å². The van der Waals surface area contributed by atoms with Crippen molar-refractivity contribution >= 4 is 0 Å². The number of hydrogen-bond acceptors (Lipinski definition) is 2. The summed E-state index contributed by atoms with van der Waals surface area (Å²) >= 11 is 0.